The van der Waals surface area contributed by atoms with Gasteiger partial charge in [-0.3, -0.25) is 0 Å². The van der Waals surface area contributed by atoms with Gasteiger partial charge in [0.2, 0.25) is 0 Å². The number of hydrogen-bond acceptors (Lipinski definition) is 0. The van der Waals surface area contributed by atoms with Gasteiger partial charge < -0.3 is 0 Å². The van der Waals surface area contributed by atoms with Crippen molar-refractivity contribution in [2.45, 2.75) is 19.3 Å². The smallest absolute Gasteiger partial charge is 0.116 e. The van der Waals surface area contributed by atoms with Crippen molar-refractivity contribution in [3.63, 3.8) is 0 Å². The molecule has 0 aromatic carbocycles. The van der Waals surface area contributed by atoms with Gasteiger partial charge in [0.05, 0.1) is 0 Å². The van der Waals surface area contributed by atoms with E-state index in [1.807, 2.05) is 0 Å². The average Bonchev–Trinajstić information content (AvgIpc) is 2.23. The number of hydrogen-bond donors (Lipinski definition) is 0. The summed E-state index contributed by atoms with van der Waals surface area (Å²) in [7, 11) is 0. The van der Waals surface area contributed by atoms with Crippen LogP contribution >= 0.6 is 12.0 Å². The van der Waals surface area contributed by atoms with E-state index in [1.54, 1.807) is 0 Å². The van der Waals surface area contributed by atoms with E-state index in [0.29, 0.717) is 0 Å². The van der Waals surface area contributed by atoms with Crippen molar-refractivity contribution in [2.24, 2.45) is 0 Å². The SMILES string of the molecule is C1=CCCC1.FCl. The van der Waals surface area contributed by atoms with Crippen LogP contribution in [0.15, 0.2) is 12.2 Å². The Morgan fingerprint density at radius 3 is 1.71 bits per heavy atom. The zero-order valence-electron chi connectivity index (χ0n) is 4.03. The molecular weight excluding hydrogens is 115 g/mol. The van der Waals surface area contributed by atoms with Crippen LogP contribution in [-0.4, -0.2) is 0 Å². The molecule has 0 amide bonds. The Labute approximate surface area is 48.2 Å². The lowest BCUT2D eigenvalue weighted by molar-refractivity contribution is 0.906. The van der Waals surface area contributed by atoms with Crippen molar-refractivity contribution >= 4 is 12.0 Å². The summed E-state index contributed by atoms with van der Waals surface area (Å²) in [5, 5.41) is 0. The summed E-state index contributed by atoms with van der Waals surface area (Å²) >= 11 is 3.14. The molecule has 0 N–H and O–H groups in total. The highest BCUT2D eigenvalue weighted by molar-refractivity contribution is 6.06. The van der Waals surface area contributed by atoms with Gasteiger partial charge in [-0.15, -0.1) is 3.98 Å². The molecule has 1 aliphatic carbocycles. The van der Waals surface area contributed by atoms with E-state index in [4.69, 9.17) is 3.98 Å². The second-order valence-electron chi connectivity index (χ2n) is 1.40. The summed E-state index contributed by atoms with van der Waals surface area (Å²) in [4.78, 5) is 0. The first kappa shape index (κ1) is 6.96. The lowest BCUT2D eigenvalue weighted by atomic mass is 10.4. The van der Waals surface area contributed by atoms with Crippen molar-refractivity contribution < 1.29 is 3.98 Å². The highest BCUT2D eigenvalue weighted by Crippen LogP contribution is 2.05. The maximum atomic E-state index is 8.97. The minimum atomic E-state index is 1.32. The van der Waals surface area contributed by atoms with E-state index in [-0.39, 0.29) is 0 Å². The molecule has 0 saturated heterocycles. The molecule has 0 spiro atoms. The van der Waals surface area contributed by atoms with E-state index in [2.05, 4.69) is 24.1 Å². The monoisotopic (exact) mass is 122 g/mol. The number of allylic oxidation sites excluding steroid dienone is 2. The number of rotatable bonds is 0. The molecule has 1 rings (SSSR count). The van der Waals surface area contributed by atoms with Crippen LogP contribution in [-0.2, 0) is 0 Å². The molecule has 2 heteroatoms. The lowest BCUT2D eigenvalue weighted by Gasteiger charge is -1.69. The first-order valence-electron chi connectivity index (χ1n) is 2.29. The summed E-state index contributed by atoms with van der Waals surface area (Å²) < 4.78 is 8.97. The third-order valence-electron chi connectivity index (χ3n) is 0.908. The Morgan fingerprint density at radius 2 is 1.57 bits per heavy atom. The van der Waals surface area contributed by atoms with E-state index in [1.165, 1.54) is 19.3 Å². The van der Waals surface area contributed by atoms with E-state index < -0.39 is 0 Å². The number of halogens is 2. The van der Waals surface area contributed by atoms with Gasteiger partial charge in [-0.1, -0.05) is 12.2 Å². The van der Waals surface area contributed by atoms with Crippen molar-refractivity contribution in [3.8, 4) is 0 Å². The van der Waals surface area contributed by atoms with Crippen LogP contribution in [0.5, 0.6) is 0 Å². The highest BCUT2D eigenvalue weighted by atomic mass is 35.5. The molecule has 1 aliphatic rings. The first-order valence-corrected chi connectivity index (χ1v) is 2.58. The molecule has 0 aromatic rings. The Kier molecular flexibility index (Phi) is 5.93. The molecule has 0 aromatic heterocycles. The molecule has 0 unspecified atom stereocenters. The molecule has 0 aliphatic heterocycles. The zero-order valence-corrected chi connectivity index (χ0v) is 4.79. The minimum absolute atomic E-state index is 1.32. The fraction of sp³-hybridized carbons (Fsp3) is 0.600. The first-order chi connectivity index (χ1) is 3.50. The molecule has 0 fully saturated rings. The van der Waals surface area contributed by atoms with Gasteiger partial charge >= 0.3 is 0 Å². The van der Waals surface area contributed by atoms with Crippen molar-refractivity contribution in [3.05, 3.63) is 12.2 Å². The topological polar surface area (TPSA) is 0 Å². The van der Waals surface area contributed by atoms with Crippen LogP contribution in [0.2, 0.25) is 0 Å². The summed E-state index contributed by atoms with van der Waals surface area (Å²) in [5.41, 5.74) is 0. The molecular formula is C5H8ClF. The van der Waals surface area contributed by atoms with Gasteiger partial charge in [0.25, 0.3) is 0 Å². The standard InChI is InChI=1S/C5H8.ClF/c1-2-4-5-3-1;1-2/h1-2H,3-5H2;. The molecule has 7 heavy (non-hydrogen) atoms. The van der Waals surface area contributed by atoms with Crippen LogP contribution in [0.1, 0.15) is 19.3 Å². The Balaban J connectivity index is 0.000000162. The lowest BCUT2D eigenvalue weighted by Crippen LogP contribution is -1.50. The van der Waals surface area contributed by atoms with Gasteiger partial charge in [0.15, 0.2) is 0 Å². The third-order valence-corrected chi connectivity index (χ3v) is 0.908. The van der Waals surface area contributed by atoms with Crippen LogP contribution in [0.4, 0.5) is 3.98 Å². The van der Waals surface area contributed by atoms with Gasteiger partial charge in [0.1, 0.15) is 12.0 Å². The van der Waals surface area contributed by atoms with E-state index in [9.17, 15) is 0 Å². The predicted molar refractivity (Wildman–Crippen MR) is 30.0 cm³/mol. The molecule has 0 atom stereocenters. The molecule has 42 valence electrons. The molecule has 0 saturated carbocycles. The fourth-order valence-electron chi connectivity index (χ4n) is 0.589. The van der Waals surface area contributed by atoms with Crippen LogP contribution in [0.25, 0.3) is 0 Å². The second-order valence-corrected chi connectivity index (χ2v) is 1.40. The fourth-order valence-corrected chi connectivity index (χ4v) is 0.589. The van der Waals surface area contributed by atoms with Gasteiger partial charge in [0, 0.05) is 0 Å². The third kappa shape index (κ3) is 3.80. The molecule has 0 nitrogen and oxygen atoms in total. The van der Waals surface area contributed by atoms with Crippen LogP contribution in [0.3, 0.4) is 0 Å². The summed E-state index contributed by atoms with van der Waals surface area (Å²) in [5.74, 6) is 0. The molecule has 0 radical (unpaired) electrons. The van der Waals surface area contributed by atoms with Crippen molar-refractivity contribution in [1.82, 2.24) is 0 Å². The predicted octanol–water partition coefficient (Wildman–Crippen LogP) is 2.84. The minimum Gasteiger partial charge on any atom is -0.116 e. The largest absolute Gasteiger partial charge is 0.116 e. The Bertz CT molecular complexity index is 46.0. The van der Waals surface area contributed by atoms with E-state index >= 15 is 0 Å². The second kappa shape index (κ2) is 5.96. The van der Waals surface area contributed by atoms with Crippen LogP contribution < -0.4 is 0 Å². The molecule has 0 heterocycles. The Hall–Kier alpha value is -0.0400. The maximum absolute atomic E-state index is 8.97. The highest BCUT2D eigenvalue weighted by Gasteiger charge is 1.84. The average molecular weight is 123 g/mol. The maximum Gasteiger partial charge on any atom is 0.116 e. The summed E-state index contributed by atoms with van der Waals surface area (Å²) in [6, 6.07) is 0. The zero-order chi connectivity index (χ0) is 5.54. The van der Waals surface area contributed by atoms with Gasteiger partial charge in [-0.05, 0) is 19.3 Å². The quantitative estimate of drug-likeness (QED) is 0.434. The van der Waals surface area contributed by atoms with Gasteiger partial charge in [-0.2, -0.15) is 0 Å². The Morgan fingerprint density at radius 1 is 1.14 bits per heavy atom. The van der Waals surface area contributed by atoms with Crippen molar-refractivity contribution in [1.29, 1.82) is 0 Å². The van der Waals surface area contributed by atoms with Gasteiger partial charge in [-0.25, -0.2) is 0 Å². The normalized spacial score (nSPS) is 15.7. The van der Waals surface area contributed by atoms with Crippen LogP contribution in [0, 0.1) is 0 Å². The summed E-state index contributed by atoms with van der Waals surface area (Å²) in [6.07, 6.45) is 8.50. The van der Waals surface area contributed by atoms with E-state index in [0.717, 1.165) is 0 Å². The summed E-state index contributed by atoms with van der Waals surface area (Å²) in [6.45, 7) is 0. The molecule has 0 bridgehead atoms. The van der Waals surface area contributed by atoms with Crippen molar-refractivity contribution in [2.75, 3.05) is 0 Å².